The van der Waals surface area contributed by atoms with Crippen LogP contribution in [0, 0.1) is 5.41 Å². The van der Waals surface area contributed by atoms with Crippen molar-refractivity contribution in [3.05, 3.63) is 0 Å². The Labute approximate surface area is 121 Å². The summed E-state index contributed by atoms with van der Waals surface area (Å²) in [6, 6.07) is 0. The number of hydrogen-bond acceptors (Lipinski definition) is 3. The normalized spacial score (nSPS) is 20.4. The van der Waals surface area contributed by atoms with E-state index in [4.69, 9.17) is 22.7 Å². The van der Waals surface area contributed by atoms with E-state index in [1.54, 1.807) is 0 Å². The molecule has 4 nitrogen and oxygen atoms in total. The van der Waals surface area contributed by atoms with Gasteiger partial charge in [0.15, 0.2) is 0 Å². The smallest absolute Gasteiger partial charge is 0.235 e. The van der Waals surface area contributed by atoms with Gasteiger partial charge in [0.1, 0.15) is 0 Å². The van der Waals surface area contributed by atoms with Crippen LogP contribution in [0.3, 0.4) is 0 Å². The first kappa shape index (κ1) is 16.4. The van der Waals surface area contributed by atoms with Crippen LogP contribution >= 0.6 is 12.2 Å². The molecular formula is C14H26N2O2S. The van der Waals surface area contributed by atoms with Crippen LogP contribution in [0.2, 0.25) is 0 Å². The number of ether oxygens (including phenoxy) is 1. The Kier molecular flexibility index (Phi) is 6.20. The van der Waals surface area contributed by atoms with Gasteiger partial charge in [-0.25, -0.2) is 0 Å². The van der Waals surface area contributed by atoms with Crippen molar-refractivity contribution in [2.75, 3.05) is 19.7 Å². The minimum Gasteiger partial charge on any atom is -0.392 e. The highest BCUT2D eigenvalue weighted by atomic mass is 32.1. The van der Waals surface area contributed by atoms with E-state index >= 15 is 0 Å². The molecule has 1 unspecified atom stereocenters. The zero-order valence-corrected chi connectivity index (χ0v) is 13.1. The van der Waals surface area contributed by atoms with Crippen molar-refractivity contribution < 1.29 is 9.53 Å². The second-order valence-electron chi connectivity index (χ2n) is 5.38. The minimum atomic E-state index is -0.657. The molecule has 1 amide bonds. The van der Waals surface area contributed by atoms with E-state index in [-0.39, 0.29) is 12.0 Å². The van der Waals surface area contributed by atoms with Gasteiger partial charge in [-0.15, -0.1) is 0 Å². The number of nitrogens with two attached hydrogens (primary N) is 1. The Morgan fingerprint density at radius 1 is 1.42 bits per heavy atom. The van der Waals surface area contributed by atoms with Crippen LogP contribution in [-0.4, -0.2) is 41.6 Å². The Morgan fingerprint density at radius 3 is 2.42 bits per heavy atom. The Hall–Kier alpha value is -0.680. The molecule has 0 bridgehead atoms. The van der Waals surface area contributed by atoms with Gasteiger partial charge in [0, 0.05) is 13.1 Å². The molecule has 0 saturated carbocycles. The molecule has 19 heavy (non-hydrogen) atoms. The summed E-state index contributed by atoms with van der Waals surface area (Å²) in [6.07, 6.45) is 3.37. The molecule has 0 aromatic heterocycles. The third-order valence-electron chi connectivity index (χ3n) is 3.76. The van der Waals surface area contributed by atoms with Gasteiger partial charge in [0.25, 0.3) is 0 Å². The molecule has 1 atom stereocenters. The highest BCUT2D eigenvalue weighted by Crippen LogP contribution is 2.33. The molecule has 2 N–H and O–H groups in total. The predicted molar refractivity (Wildman–Crippen MR) is 81.0 cm³/mol. The van der Waals surface area contributed by atoms with Gasteiger partial charge in [-0.3, -0.25) is 4.79 Å². The Balaban J connectivity index is 2.94. The molecule has 1 aliphatic rings. The van der Waals surface area contributed by atoms with Crippen molar-refractivity contribution in [2.45, 2.75) is 52.6 Å². The molecule has 1 saturated heterocycles. The van der Waals surface area contributed by atoms with Gasteiger partial charge < -0.3 is 15.4 Å². The van der Waals surface area contributed by atoms with Gasteiger partial charge in [-0.2, -0.15) is 0 Å². The monoisotopic (exact) mass is 286 g/mol. The number of rotatable bonds is 6. The summed E-state index contributed by atoms with van der Waals surface area (Å²) in [5.74, 6) is 0.0962. The summed E-state index contributed by atoms with van der Waals surface area (Å²) in [5.41, 5.74) is 5.28. The number of carbonyl (C=O) groups excluding carboxylic acids is 1. The van der Waals surface area contributed by atoms with Crippen molar-refractivity contribution in [2.24, 2.45) is 11.1 Å². The zero-order valence-electron chi connectivity index (χ0n) is 12.3. The van der Waals surface area contributed by atoms with Gasteiger partial charge >= 0.3 is 0 Å². The van der Waals surface area contributed by atoms with E-state index in [0.29, 0.717) is 24.7 Å². The molecular weight excluding hydrogens is 260 g/mol. The fourth-order valence-electron chi connectivity index (χ4n) is 2.85. The van der Waals surface area contributed by atoms with E-state index < -0.39 is 5.41 Å². The van der Waals surface area contributed by atoms with Crippen LogP contribution in [0.25, 0.3) is 0 Å². The first-order valence-corrected chi connectivity index (χ1v) is 7.59. The number of morpholine rings is 1. The fraction of sp³-hybridized carbons (Fsp3) is 0.857. The molecule has 1 fully saturated rings. The van der Waals surface area contributed by atoms with E-state index in [9.17, 15) is 4.79 Å². The summed E-state index contributed by atoms with van der Waals surface area (Å²) < 4.78 is 5.49. The van der Waals surface area contributed by atoms with Crippen LogP contribution in [0.4, 0.5) is 0 Å². The molecule has 1 rings (SSSR count). The van der Waals surface area contributed by atoms with E-state index in [1.807, 2.05) is 11.8 Å². The zero-order chi connectivity index (χ0) is 14.5. The van der Waals surface area contributed by atoms with E-state index in [2.05, 4.69) is 13.8 Å². The van der Waals surface area contributed by atoms with Crippen molar-refractivity contribution in [3.8, 4) is 0 Å². The quantitative estimate of drug-likeness (QED) is 0.760. The number of carbonyl (C=O) groups is 1. The second kappa shape index (κ2) is 7.20. The van der Waals surface area contributed by atoms with Crippen LogP contribution in [-0.2, 0) is 9.53 Å². The number of nitrogens with zero attached hydrogens (tertiary/aromatic N) is 1. The summed E-state index contributed by atoms with van der Waals surface area (Å²) in [6.45, 7) is 7.99. The third-order valence-corrected chi connectivity index (χ3v) is 4.15. The number of hydrogen-bond donors (Lipinski definition) is 1. The number of thiocarbonyl (C=S) groups is 1. The van der Waals surface area contributed by atoms with E-state index in [0.717, 1.165) is 25.7 Å². The summed E-state index contributed by atoms with van der Waals surface area (Å²) >= 11 is 5.23. The van der Waals surface area contributed by atoms with Gasteiger partial charge in [-0.1, -0.05) is 38.9 Å². The summed E-state index contributed by atoms with van der Waals surface area (Å²) in [7, 11) is 0. The second-order valence-corrected chi connectivity index (χ2v) is 5.82. The predicted octanol–water partition coefficient (Wildman–Crippen LogP) is 2.11. The van der Waals surface area contributed by atoms with Gasteiger partial charge in [0.2, 0.25) is 5.91 Å². The maximum Gasteiger partial charge on any atom is 0.235 e. The average Bonchev–Trinajstić information content (AvgIpc) is 2.37. The largest absolute Gasteiger partial charge is 0.392 e. The first-order valence-electron chi connectivity index (χ1n) is 7.18. The molecule has 0 radical (unpaired) electrons. The first-order chi connectivity index (χ1) is 8.97. The molecule has 0 aromatic carbocycles. The third kappa shape index (κ3) is 3.66. The van der Waals surface area contributed by atoms with Crippen LogP contribution < -0.4 is 5.73 Å². The lowest BCUT2D eigenvalue weighted by molar-refractivity contribution is -0.146. The van der Waals surface area contributed by atoms with Crippen molar-refractivity contribution in [3.63, 3.8) is 0 Å². The summed E-state index contributed by atoms with van der Waals surface area (Å²) in [4.78, 5) is 15.1. The van der Waals surface area contributed by atoms with Crippen molar-refractivity contribution >= 4 is 23.1 Å². The lowest BCUT2D eigenvalue weighted by Crippen LogP contribution is -2.54. The molecule has 0 aromatic rings. The highest BCUT2D eigenvalue weighted by Gasteiger charge is 2.43. The maximum atomic E-state index is 12.9. The molecule has 110 valence electrons. The SMILES string of the molecule is CCCC(CCC)(C(=O)N1CCOC(C)C1)C(N)=S. The van der Waals surface area contributed by atoms with Crippen LogP contribution in [0.5, 0.6) is 0 Å². The Morgan fingerprint density at radius 2 is 2.00 bits per heavy atom. The lowest BCUT2D eigenvalue weighted by atomic mass is 9.77. The van der Waals surface area contributed by atoms with Crippen LogP contribution in [0.1, 0.15) is 46.5 Å². The lowest BCUT2D eigenvalue weighted by Gasteiger charge is -2.39. The average molecular weight is 286 g/mol. The maximum absolute atomic E-state index is 12.9. The van der Waals surface area contributed by atoms with Gasteiger partial charge in [0.05, 0.1) is 23.1 Å². The van der Waals surface area contributed by atoms with Crippen LogP contribution in [0.15, 0.2) is 0 Å². The summed E-state index contributed by atoms with van der Waals surface area (Å²) in [5, 5.41) is 0. The fourth-order valence-corrected chi connectivity index (χ4v) is 3.14. The highest BCUT2D eigenvalue weighted by molar-refractivity contribution is 7.80. The molecule has 1 heterocycles. The van der Waals surface area contributed by atoms with Crippen molar-refractivity contribution in [1.82, 2.24) is 4.90 Å². The standard InChI is InChI=1S/C14H26N2O2S/c1-4-6-14(7-5-2,12(15)19)13(17)16-8-9-18-11(3)10-16/h11H,4-10H2,1-3H3,(H2,15,19). The molecule has 0 aliphatic carbocycles. The molecule has 0 spiro atoms. The van der Waals surface area contributed by atoms with Gasteiger partial charge in [-0.05, 0) is 19.8 Å². The van der Waals surface area contributed by atoms with E-state index in [1.165, 1.54) is 0 Å². The Bertz CT molecular complexity index is 327. The van der Waals surface area contributed by atoms with Crippen molar-refractivity contribution in [1.29, 1.82) is 0 Å². The number of amides is 1. The molecule has 5 heteroatoms. The topological polar surface area (TPSA) is 55.6 Å². The minimum absolute atomic E-state index is 0.0880. The molecule has 1 aliphatic heterocycles.